The maximum atomic E-state index is 11.1. The molecule has 1 aliphatic heterocycles. The molecule has 0 bridgehead atoms. The second-order valence-corrected chi connectivity index (χ2v) is 4.48. The van der Waals surface area contributed by atoms with E-state index in [9.17, 15) is 4.79 Å². The number of aryl methyl sites for hydroxylation is 1. The number of nitriles is 1. The predicted octanol–water partition coefficient (Wildman–Crippen LogP) is 1.54. The number of ether oxygens (including phenoxy) is 1. The summed E-state index contributed by atoms with van der Waals surface area (Å²) >= 11 is 0. The number of carbonyl (C=O) groups excluding carboxylic acids is 1. The average Bonchev–Trinajstić information content (AvgIpc) is 2.43. The predicted molar refractivity (Wildman–Crippen MR) is 67.2 cm³/mol. The highest BCUT2D eigenvalue weighted by Crippen LogP contribution is 2.25. The molecule has 0 aliphatic carbocycles. The molecule has 2 rings (SSSR count). The minimum atomic E-state index is -0.490. The Balaban J connectivity index is 1.98. The van der Waals surface area contributed by atoms with Crippen molar-refractivity contribution in [3.63, 3.8) is 0 Å². The van der Waals surface area contributed by atoms with Crippen molar-refractivity contribution in [1.29, 1.82) is 5.26 Å². The normalized spacial score (nSPS) is 13.1. The lowest BCUT2D eigenvalue weighted by atomic mass is 10.0. The lowest BCUT2D eigenvalue weighted by molar-refractivity contribution is -0.124. The van der Waals surface area contributed by atoms with Gasteiger partial charge >= 0.3 is 5.91 Å². The van der Waals surface area contributed by atoms with Crippen LogP contribution in [-0.4, -0.2) is 31.0 Å². The molecule has 4 nitrogen and oxygen atoms in total. The molecule has 1 aromatic carbocycles. The van der Waals surface area contributed by atoms with Crippen molar-refractivity contribution < 1.29 is 9.53 Å². The van der Waals surface area contributed by atoms with Crippen LogP contribution >= 0.6 is 0 Å². The van der Waals surface area contributed by atoms with Gasteiger partial charge in [0.15, 0.2) is 6.07 Å². The number of rotatable bonds is 3. The zero-order chi connectivity index (χ0) is 13.0. The van der Waals surface area contributed by atoms with Gasteiger partial charge in [0.25, 0.3) is 0 Å². The largest absolute Gasteiger partial charge is 0.493 e. The summed E-state index contributed by atoms with van der Waals surface area (Å²) in [6, 6.07) is 7.77. The van der Waals surface area contributed by atoms with Crippen molar-refractivity contribution in [3.8, 4) is 11.8 Å². The summed E-state index contributed by atoms with van der Waals surface area (Å²) in [7, 11) is 1.65. The Morgan fingerprint density at radius 1 is 1.56 bits per heavy atom. The van der Waals surface area contributed by atoms with Crippen LogP contribution < -0.4 is 4.74 Å². The third-order valence-corrected chi connectivity index (χ3v) is 3.15. The second kappa shape index (κ2) is 5.54. The second-order valence-electron chi connectivity index (χ2n) is 4.48. The van der Waals surface area contributed by atoms with Crippen molar-refractivity contribution >= 4 is 5.91 Å². The van der Waals surface area contributed by atoms with Crippen LogP contribution in [0.2, 0.25) is 0 Å². The Morgan fingerprint density at radius 3 is 3.17 bits per heavy atom. The molecule has 0 spiro atoms. The first-order valence-electron chi connectivity index (χ1n) is 6.10. The third kappa shape index (κ3) is 2.80. The van der Waals surface area contributed by atoms with E-state index in [1.165, 1.54) is 16.0 Å². The van der Waals surface area contributed by atoms with Gasteiger partial charge in [0.05, 0.1) is 6.61 Å². The molecule has 0 saturated carbocycles. The maximum Gasteiger partial charge on any atom is 0.324 e. The van der Waals surface area contributed by atoms with Crippen LogP contribution in [0.4, 0.5) is 0 Å². The highest BCUT2D eigenvalue weighted by atomic mass is 16.5. The number of hydrogen-bond donors (Lipinski definition) is 0. The fourth-order valence-corrected chi connectivity index (χ4v) is 2.05. The summed E-state index contributed by atoms with van der Waals surface area (Å²) < 4.78 is 5.55. The standard InChI is InChI=1S/C14H16N2O2/c1-16(14(17)10-15)7-6-11-4-5-13-12(9-11)3-2-8-18-13/h4-5,9H,2-3,6-8H2,1H3. The van der Waals surface area contributed by atoms with Gasteiger partial charge in [-0.2, -0.15) is 5.26 Å². The minimum absolute atomic E-state index is 0.490. The zero-order valence-electron chi connectivity index (χ0n) is 10.5. The van der Waals surface area contributed by atoms with Gasteiger partial charge in [-0.25, -0.2) is 0 Å². The SMILES string of the molecule is CN(CCc1ccc2c(c1)CCCO2)C(=O)C#N. The van der Waals surface area contributed by atoms with Crippen molar-refractivity contribution in [2.75, 3.05) is 20.2 Å². The van der Waals surface area contributed by atoms with Crippen LogP contribution in [-0.2, 0) is 17.6 Å². The Labute approximate surface area is 107 Å². The number of hydrogen-bond acceptors (Lipinski definition) is 3. The zero-order valence-corrected chi connectivity index (χ0v) is 10.5. The van der Waals surface area contributed by atoms with Gasteiger partial charge in [-0.05, 0) is 36.5 Å². The van der Waals surface area contributed by atoms with Crippen molar-refractivity contribution in [2.24, 2.45) is 0 Å². The Hall–Kier alpha value is -2.02. The highest BCUT2D eigenvalue weighted by Gasteiger charge is 2.11. The van der Waals surface area contributed by atoms with Crippen molar-refractivity contribution in [3.05, 3.63) is 29.3 Å². The molecule has 0 fully saturated rings. The van der Waals surface area contributed by atoms with E-state index < -0.39 is 5.91 Å². The van der Waals surface area contributed by atoms with Crippen LogP contribution in [0.15, 0.2) is 18.2 Å². The van der Waals surface area contributed by atoms with E-state index in [2.05, 4.69) is 6.07 Å². The van der Waals surface area contributed by atoms with Gasteiger partial charge in [-0.1, -0.05) is 12.1 Å². The van der Waals surface area contributed by atoms with E-state index in [1.807, 2.05) is 12.1 Å². The van der Waals surface area contributed by atoms with Crippen molar-refractivity contribution in [2.45, 2.75) is 19.3 Å². The number of likely N-dealkylation sites (N-methyl/N-ethyl adjacent to an activating group) is 1. The summed E-state index contributed by atoms with van der Waals surface area (Å²) in [5.74, 6) is 0.489. The lowest BCUT2D eigenvalue weighted by Gasteiger charge is -2.18. The number of nitrogens with zero attached hydrogens (tertiary/aromatic N) is 2. The summed E-state index contributed by atoms with van der Waals surface area (Å²) in [6.07, 6.45) is 2.87. The van der Waals surface area contributed by atoms with Gasteiger partial charge in [0.1, 0.15) is 5.75 Å². The molecule has 0 unspecified atom stereocenters. The molecule has 1 aromatic rings. The molecule has 0 radical (unpaired) electrons. The first-order chi connectivity index (χ1) is 8.70. The fourth-order valence-electron chi connectivity index (χ4n) is 2.05. The van der Waals surface area contributed by atoms with E-state index >= 15 is 0 Å². The molecule has 0 saturated heterocycles. The van der Waals surface area contributed by atoms with Crippen LogP contribution in [0.25, 0.3) is 0 Å². The van der Waals surface area contributed by atoms with Gasteiger partial charge in [-0.15, -0.1) is 0 Å². The van der Waals surface area contributed by atoms with E-state index in [0.717, 1.165) is 31.6 Å². The summed E-state index contributed by atoms with van der Waals surface area (Å²) in [6.45, 7) is 1.36. The molecule has 1 heterocycles. The van der Waals surface area contributed by atoms with Crippen LogP contribution in [0, 0.1) is 11.3 Å². The fraction of sp³-hybridized carbons (Fsp3) is 0.429. The van der Waals surface area contributed by atoms with E-state index in [4.69, 9.17) is 10.00 Å². The molecular formula is C14H16N2O2. The maximum absolute atomic E-state index is 11.1. The highest BCUT2D eigenvalue weighted by molar-refractivity contribution is 5.90. The number of benzene rings is 1. The summed E-state index contributed by atoms with van der Waals surface area (Å²) in [5, 5.41) is 8.50. The smallest absolute Gasteiger partial charge is 0.324 e. The van der Waals surface area contributed by atoms with Gasteiger partial charge in [-0.3, -0.25) is 4.79 Å². The van der Waals surface area contributed by atoms with Gasteiger partial charge < -0.3 is 9.64 Å². The number of carbonyl (C=O) groups is 1. The molecule has 94 valence electrons. The average molecular weight is 244 g/mol. The third-order valence-electron chi connectivity index (χ3n) is 3.15. The molecule has 1 aliphatic rings. The lowest BCUT2D eigenvalue weighted by Crippen LogP contribution is -2.27. The monoisotopic (exact) mass is 244 g/mol. The van der Waals surface area contributed by atoms with E-state index in [-0.39, 0.29) is 0 Å². The topological polar surface area (TPSA) is 53.3 Å². The Bertz CT molecular complexity index is 491. The van der Waals surface area contributed by atoms with Crippen LogP contribution in [0.5, 0.6) is 5.75 Å². The summed E-state index contributed by atoms with van der Waals surface area (Å²) in [5.41, 5.74) is 2.42. The molecule has 0 atom stereocenters. The van der Waals surface area contributed by atoms with Gasteiger partial charge in [0, 0.05) is 13.6 Å². The quantitative estimate of drug-likeness (QED) is 0.758. The van der Waals surface area contributed by atoms with E-state index in [0.29, 0.717) is 6.54 Å². The molecule has 18 heavy (non-hydrogen) atoms. The first kappa shape index (κ1) is 12.4. The van der Waals surface area contributed by atoms with E-state index in [1.54, 1.807) is 13.1 Å². The molecular weight excluding hydrogens is 228 g/mol. The minimum Gasteiger partial charge on any atom is -0.493 e. The Morgan fingerprint density at radius 2 is 2.39 bits per heavy atom. The number of fused-ring (bicyclic) bond motifs is 1. The van der Waals surface area contributed by atoms with Crippen LogP contribution in [0.3, 0.4) is 0 Å². The van der Waals surface area contributed by atoms with Gasteiger partial charge in [0.2, 0.25) is 0 Å². The first-order valence-corrected chi connectivity index (χ1v) is 6.10. The molecule has 0 N–H and O–H groups in total. The van der Waals surface area contributed by atoms with Crippen molar-refractivity contribution in [1.82, 2.24) is 4.90 Å². The molecule has 4 heteroatoms. The summed E-state index contributed by atoms with van der Waals surface area (Å²) in [4.78, 5) is 12.6. The number of amides is 1. The Kier molecular flexibility index (Phi) is 3.83. The molecule has 1 amide bonds. The van der Waals surface area contributed by atoms with Crippen LogP contribution in [0.1, 0.15) is 17.5 Å². The molecule has 0 aromatic heterocycles.